The Morgan fingerprint density at radius 1 is 1.19 bits per heavy atom. The van der Waals surface area contributed by atoms with E-state index in [-0.39, 0.29) is 5.91 Å². The maximum absolute atomic E-state index is 12.4. The zero-order chi connectivity index (χ0) is 14.7. The van der Waals surface area contributed by atoms with Gasteiger partial charge in [-0.2, -0.15) is 0 Å². The summed E-state index contributed by atoms with van der Waals surface area (Å²) in [6.45, 7) is 5.37. The highest BCUT2D eigenvalue weighted by Crippen LogP contribution is 2.18. The quantitative estimate of drug-likeness (QED) is 0.836. The number of piperazine rings is 1. The molecule has 5 nitrogen and oxygen atoms in total. The van der Waals surface area contributed by atoms with Crippen LogP contribution in [-0.2, 0) is 4.79 Å². The van der Waals surface area contributed by atoms with Gasteiger partial charge in [0.05, 0.1) is 0 Å². The molecule has 0 saturated carbocycles. The van der Waals surface area contributed by atoms with Gasteiger partial charge < -0.3 is 15.3 Å². The number of amides is 1. The molecule has 0 radical (unpaired) electrons. The third-order valence-electron chi connectivity index (χ3n) is 4.53. The third-order valence-corrected chi connectivity index (χ3v) is 4.53. The first-order chi connectivity index (χ1) is 10.3. The van der Waals surface area contributed by atoms with Gasteiger partial charge in [0.15, 0.2) is 6.10 Å². The average Bonchev–Trinajstić information content (AvgIpc) is 3.09. The topological polar surface area (TPSA) is 55.8 Å². The fourth-order valence-electron chi connectivity index (χ4n) is 3.21. The summed E-state index contributed by atoms with van der Waals surface area (Å²) in [5, 5.41) is 13.6. The van der Waals surface area contributed by atoms with Crippen molar-refractivity contribution in [2.24, 2.45) is 0 Å². The summed E-state index contributed by atoms with van der Waals surface area (Å²) in [6, 6.07) is 9.77. The lowest BCUT2D eigenvalue weighted by Crippen LogP contribution is -2.53. The van der Waals surface area contributed by atoms with Crippen LogP contribution in [0.4, 0.5) is 0 Å². The lowest BCUT2D eigenvalue weighted by atomic mass is 10.1. The molecule has 2 unspecified atom stereocenters. The molecule has 2 fully saturated rings. The summed E-state index contributed by atoms with van der Waals surface area (Å²) in [4.78, 5) is 16.6. The molecule has 1 amide bonds. The van der Waals surface area contributed by atoms with E-state index in [1.54, 1.807) is 17.0 Å². The number of aliphatic hydroxyl groups excluding tert-OH is 1. The van der Waals surface area contributed by atoms with E-state index in [2.05, 4.69) is 10.2 Å². The zero-order valence-electron chi connectivity index (χ0n) is 12.2. The number of carbonyl (C=O) groups excluding carboxylic acids is 1. The first-order valence-corrected chi connectivity index (χ1v) is 7.72. The second kappa shape index (κ2) is 6.56. The van der Waals surface area contributed by atoms with Gasteiger partial charge in [-0.3, -0.25) is 9.69 Å². The monoisotopic (exact) mass is 289 g/mol. The molecule has 0 aliphatic carbocycles. The smallest absolute Gasteiger partial charge is 0.256 e. The van der Waals surface area contributed by atoms with E-state index >= 15 is 0 Å². The van der Waals surface area contributed by atoms with Crippen molar-refractivity contribution in [1.29, 1.82) is 0 Å². The second-order valence-corrected chi connectivity index (χ2v) is 5.82. The summed E-state index contributed by atoms with van der Waals surface area (Å²) >= 11 is 0. The Kier molecular flexibility index (Phi) is 4.53. The van der Waals surface area contributed by atoms with Crippen molar-refractivity contribution in [3.63, 3.8) is 0 Å². The van der Waals surface area contributed by atoms with E-state index in [0.717, 1.165) is 26.2 Å². The Morgan fingerprint density at radius 3 is 2.52 bits per heavy atom. The van der Waals surface area contributed by atoms with Crippen molar-refractivity contribution >= 4 is 5.91 Å². The van der Waals surface area contributed by atoms with Crippen molar-refractivity contribution in [3.05, 3.63) is 35.9 Å². The molecule has 2 N–H and O–H groups in total. The Morgan fingerprint density at radius 2 is 1.90 bits per heavy atom. The highest BCUT2D eigenvalue weighted by atomic mass is 16.3. The van der Waals surface area contributed by atoms with Gasteiger partial charge in [-0.1, -0.05) is 30.3 Å². The van der Waals surface area contributed by atoms with Gasteiger partial charge in [0.25, 0.3) is 5.91 Å². The van der Waals surface area contributed by atoms with E-state index in [1.807, 2.05) is 18.2 Å². The van der Waals surface area contributed by atoms with Gasteiger partial charge in [0.1, 0.15) is 0 Å². The maximum Gasteiger partial charge on any atom is 0.256 e. The Bertz CT molecular complexity index is 466. The summed E-state index contributed by atoms with van der Waals surface area (Å²) in [5.74, 6) is -0.176. The van der Waals surface area contributed by atoms with Crippen molar-refractivity contribution in [2.45, 2.75) is 18.6 Å². The van der Waals surface area contributed by atoms with E-state index in [4.69, 9.17) is 0 Å². The standard InChI is InChI=1S/C16H23N3O2/c20-15(13-4-2-1-3-5-13)16(21)19-10-8-18(9-11-19)14-6-7-17-12-14/h1-5,14-15,17,20H,6-12H2. The molecule has 0 bridgehead atoms. The number of hydrogen-bond donors (Lipinski definition) is 2. The van der Waals surface area contributed by atoms with Gasteiger partial charge in [-0.05, 0) is 18.5 Å². The maximum atomic E-state index is 12.4. The number of rotatable bonds is 3. The molecule has 5 heteroatoms. The summed E-state index contributed by atoms with van der Waals surface area (Å²) in [7, 11) is 0. The summed E-state index contributed by atoms with van der Waals surface area (Å²) in [5.41, 5.74) is 0.671. The number of benzene rings is 1. The predicted octanol–water partition coefficient (Wildman–Crippen LogP) is 0.226. The van der Waals surface area contributed by atoms with Crippen LogP contribution in [0.25, 0.3) is 0 Å². The molecular weight excluding hydrogens is 266 g/mol. The highest BCUT2D eigenvalue weighted by molar-refractivity contribution is 5.82. The molecule has 2 saturated heterocycles. The van der Waals surface area contributed by atoms with Crippen LogP contribution in [0.15, 0.2) is 30.3 Å². The van der Waals surface area contributed by atoms with Crippen LogP contribution in [0.1, 0.15) is 18.1 Å². The van der Waals surface area contributed by atoms with Crippen LogP contribution in [-0.4, -0.2) is 66.1 Å². The molecule has 0 aromatic heterocycles. The predicted molar refractivity (Wildman–Crippen MR) is 80.8 cm³/mol. The van der Waals surface area contributed by atoms with E-state index in [9.17, 15) is 9.90 Å². The third kappa shape index (κ3) is 3.26. The first-order valence-electron chi connectivity index (χ1n) is 7.72. The van der Waals surface area contributed by atoms with Crippen LogP contribution in [0.2, 0.25) is 0 Å². The van der Waals surface area contributed by atoms with E-state index < -0.39 is 6.10 Å². The number of nitrogens with zero attached hydrogens (tertiary/aromatic N) is 2. The van der Waals surface area contributed by atoms with Crippen LogP contribution in [0.3, 0.4) is 0 Å². The van der Waals surface area contributed by atoms with E-state index in [1.165, 1.54) is 6.42 Å². The van der Waals surface area contributed by atoms with Gasteiger partial charge in [0.2, 0.25) is 0 Å². The molecular formula is C16H23N3O2. The van der Waals surface area contributed by atoms with Gasteiger partial charge in [-0.25, -0.2) is 0 Å². The highest BCUT2D eigenvalue weighted by Gasteiger charge is 2.30. The largest absolute Gasteiger partial charge is 0.378 e. The minimum atomic E-state index is -1.04. The van der Waals surface area contributed by atoms with Crippen molar-refractivity contribution in [2.75, 3.05) is 39.3 Å². The fraction of sp³-hybridized carbons (Fsp3) is 0.562. The average molecular weight is 289 g/mol. The van der Waals surface area contributed by atoms with Gasteiger partial charge in [0, 0.05) is 38.8 Å². The molecule has 1 aromatic rings. The number of hydrogen-bond acceptors (Lipinski definition) is 4. The number of nitrogens with one attached hydrogen (secondary N) is 1. The van der Waals surface area contributed by atoms with E-state index in [0.29, 0.717) is 24.7 Å². The molecule has 2 aliphatic heterocycles. The normalized spacial score (nSPS) is 25.0. The summed E-state index contributed by atoms with van der Waals surface area (Å²) < 4.78 is 0. The van der Waals surface area contributed by atoms with Crippen molar-refractivity contribution in [3.8, 4) is 0 Å². The number of carbonyl (C=O) groups is 1. The SMILES string of the molecule is O=C(C(O)c1ccccc1)N1CCN(C2CCNC2)CC1. The lowest BCUT2D eigenvalue weighted by Gasteiger charge is -2.38. The number of aliphatic hydroxyl groups is 1. The Labute approximate surface area is 125 Å². The fourth-order valence-corrected chi connectivity index (χ4v) is 3.21. The second-order valence-electron chi connectivity index (χ2n) is 5.82. The van der Waals surface area contributed by atoms with Gasteiger partial charge >= 0.3 is 0 Å². The van der Waals surface area contributed by atoms with Crippen molar-refractivity contribution in [1.82, 2.24) is 15.1 Å². The molecule has 2 heterocycles. The zero-order valence-corrected chi connectivity index (χ0v) is 12.2. The molecule has 1 aromatic carbocycles. The molecule has 2 atom stereocenters. The van der Waals surface area contributed by atoms with Crippen LogP contribution < -0.4 is 5.32 Å². The molecule has 21 heavy (non-hydrogen) atoms. The minimum Gasteiger partial charge on any atom is -0.378 e. The Hall–Kier alpha value is -1.43. The summed E-state index contributed by atoms with van der Waals surface area (Å²) in [6.07, 6.45) is 0.159. The van der Waals surface area contributed by atoms with Crippen LogP contribution >= 0.6 is 0 Å². The Balaban J connectivity index is 1.55. The van der Waals surface area contributed by atoms with Crippen molar-refractivity contribution < 1.29 is 9.90 Å². The first kappa shape index (κ1) is 14.5. The van der Waals surface area contributed by atoms with Crippen LogP contribution in [0.5, 0.6) is 0 Å². The molecule has 0 spiro atoms. The lowest BCUT2D eigenvalue weighted by molar-refractivity contribution is -0.142. The van der Waals surface area contributed by atoms with Crippen LogP contribution in [0, 0.1) is 0 Å². The van der Waals surface area contributed by atoms with Gasteiger partial charge in [-0.15, -0.1) is 0 Å². The molecule has 114 valence electrons. The molecule has 2 aliphatic rings. The molecule has 3 rings (SSSR count). The minimum absolute atomic E-state index is 0.176.